The van der Waals surface area contributed by atoms with Gasteiger partial charge >= 0.3 is 0 Å². The van der Waals surface area contributed by atoms with E-state index in [1.54, 1.807) is 6.92 Å². The zero-order chi connectivity index (χ0) is 13.8. The number of rotatable bonds is 4. The number of aliphatic hydroxyl groups is 1. The second-order valence-electron chi connectivity index (χ2n) is 4.14. The molecule has 2 rings (SSSR count). The summed E-state index contributed by atoms with van der Waals surface area (Å²) in [5.41, 5.74) is 1.74. The molecule has 100 valence electrons. The van der Waals surface area contributed by atoms with Gasteiger partial charge in [-0.25, -0.2) is 9.97 Å². The molecule has 0 bridgehead atoms. The minimum Gasteiger partial charge on any atom is -0.392 e. The Kier molecular flexibility index (Phi) is 4.58. The van der Waals surface area contributed by atoms with E-state index in [2.05, 4.69) is 15.3 Å². The lowest BCUT2D eigenvalue weighted by Gasteiger charge is -2.09. The number of nitrogens with zero attached hydrogens (tertiary/aromatic N) is 2. The van der Waals surface area contributed by atoms with Crippen LogP contribution in [-0.4, -0.2) is 27.7 Å². The minimum absolute atomic E-state index is 0.311. The van der Waals surface area contributed by atoms with Crippen molar-refractivity contribution in [1.82, 2.24) is 9.97 Å². The van der Waals surface area contributed by atoms with Crippen molar-refractivity contribution in [2.24, 2.45) is 0 Å². The van der Waals surface area contributed by atoms with Crippen LogP contribution in [0.1, 0.15) is 6.92 Å². The van der Waals surface area contributed by atoms with Gasteiger partial charge in [-0.3, -0.25) is 0 Å². The van der Waals surface area contributed by atoms with Gasteiger partial charge in [-0.1, -0.05) is 23.2 Å². The van der Waals surface area contributed by atoms with Gasteiger partial charge in [0.2, 0.25) is 0 Å². The summed E-state index contributed by atoms with van der Waals surface area (Å²) in [7, 11) is 0. The van der Waals surface area contributed by atoms with Crippen molar-refractivity contribution in [3.8, 4) is 11.4 Å². The van der Waals surface area contributed by atoms with Crippen LogP contribution >= 0.6 is 23.2 Å². The number of anilines is 1. The van der Waals surface area contributed by atoms with E-state index in [4.69, 9.17) is 23.2 Å². The van der Waals surface area contributed by atoms with Crippen molar-refractivity contribution in [2.45, 2.75) is 13.0 Å². The summed E-state index contributed by atoms with van der Waals surface area (Å²) in [4.78, 5) is 8.24. The third kappa shape index (κ3) is 4.06. The van der Waals surface area contributed by atoms with E-state index in [0.717, 1.165) is 11.3 Å². The zero-order valence-electron chi connectivity index (χ0n) is 10.3. The monoisotopic (exact) mass is 297 g/mol. The smallest absolute Gasteiger partial charge is 0.162 e. The molecule has 0 saturated heterocycles. The fourth-order valence-corrected chi connectivity index (χ4v) is 1.94. The summed E-state index contributed by atoms with van der Waals surface area (Å²) in [6, 6.07) is 9.00. The third-order valence-corrected chi connectivity index (χ3v) is 2.80. The Hall–Kier alpha value is -1.36. The van der Waals surface area contributed by atoms with Crippen LogP contribution in [0.4, 0.5) is 5.69 Å². The van der Waals surface area contributed by atoms with Crippen LogP contribution in [-0.2, 0) is 0 Å². The molecule has 1 aromatic carbocycles. The molecule has 6 heteroatoms. The summed E-state index contributed by atoms with van der Waals surface area (Å²) in [6.07, 6.45) is -0.394. The number of nitrogens with one attached hydrogen (secondary N) is 1. The molecular weight excluding hydrogens is 285 g/mol. The largest absolute Gasteiger partial charge is 0.392 e. The van der Waals surface area contributed by atoms with Crippen LogP contribution in [0.25, 0.3) is 11.4 Å². The highest BCUT2D eigenvalue weighted by molar-refractivity contribution is 6.33. The molecule has 0 fully saturated rings. The van der Waals surface area contributed by atoms with Gasteiger partial charge in [0.1, 0.15) is 10.3 Å². The van der Waals surface area contributed by atoms with Crippen LogP contribution < -0.4 is 5.32 Å². The fraction of sp³-hybridized carbons (Fsp3) is 0.231. The number of aromatic nitrogens is 2. The predicted octanol–water partition coefficient (Wildman–Crippen LogP) is 3.24. The number of hydrogen-bond acceptors (Lipinski definition) is 4. The van der Waals surface area contributed by atoms with E-state index in [-0.39, 0.29) is 0 Å². The second-order valence-corrected chi connectivity index (χ2v) is 4.92. The first-order chi connectivity index (χ1) is 9.04. The Balaban J connectivity index is 2.17. The Bertz CT molecular complexity index is 538. The van der Waals surface area contributed by atoms with E-state index in [1.807, 2.05) is 24.3 Å². The Morgan fingerprint density at radius 3 is 2.26 bits per heavy atom. The Morgan fingerprint density at radius 2 is 1.74 bits per heavy atom. The molecule has 0 amide bonds. The molecule has 4 nitrogen and oxygen atoms in total. The molecule has 0 saturated carbocycles. The maximum atomic E-state index is 9.20. The highest BCUT2D eigenvalue weighted by Gasteiger charge is 2.05. The van der Waals surface area contributed by atoms with Gasteiger partial charge in [0, 0.05) is 23.9 Å². The first-order valence-electron chi connectivity index (χ1n) is 5.77. The summed E-state index contributed by atoms with van der Waals surface area (Å²) in [5, 5.41) is 12.9. The van der Waals surface area contributed by atoms with Gasteiger partial charge in [0.15, 0.2) is 5.82 Å². The fourth-order valence-electron chi connectivity index (χ4n) is 1.52. The quantitative estimate of drug-likeness (QED) is 0.851. The van der Waals surface area contributed by atoms with Gasteiger partial charge in [-0.05, 0) is 31.2 Å². The summed E-state index contributed by atoms with van der Waals surface area (Å²) >= 11 is 11.7. The van der Waals surface area contributed by atoms with Gasteiger partial charge in [0.25, 0.3) is 0 Å². The lowest BCUT2D eigenvalue weighted by atomic mass is 10.2. The molecule has 2 aromatic rings. The molecule has 0 radical (unpaired) electrons. The van der Waals surface area contributed by atoms with E-state index in [0.29, 0.717) is 22.7 Å². The molecule has 1 heterocycles. The van der Waals surface area contributed by atoms with E-state index < -0.39 is 6.10 Å². The van der Waals surface area contributed by atoms with E-state index >= 15 is 0 Å². The van der Waals surface area contributed by atoms with Crippen molar-refractivity contribution in [1.29, 1.82) is 0 Å². The van der Waals surface area contributed by atoms with Gasteiger partial charge in [-0.2, -0.15) is 0 Å². The predicted molar refractivity (Wildman–Crippen MR) is 77.7 cm³/mol. The number of aliphatic hydroxyl groups excluding tert-OH is 1. The lowest BCUT2D eigenvalue weighted by Crippen LogP contribution is -2.15. The summed E-state index contributed by atoms with van der Waals surface area (Å²) in [6.45, 7) is 2.22. The molecule has 0 aliphatic heterocycles. The van der Waals surface area contributed by atoms with Gasteiger partial charge in [-0.15, -0.1) is 0 Å². The first kappa shape index (κ1) is 14.1. The van der Waals surface area contributed by atoms with Crippen LogP contribution in [0.5, 0.6) is 0 Å². The standard InChI is InChI=1S/C13H13Cl2N3O/c1-8(19)7-16-10-4-2-9(3-5-10)13-17-11(14)6-12(15)18-13/h2-6,8,16,19H,7H2,1H3. The van der Waals surface area contributed by atoms with Crippen LogP contribution in [0.2, 0.25) is 10.3 Å². The number of hydrogen-bond donors (Lipinski definition) is 2. The average molecular weight is 298 g/mol. The maximum absolute atomic E-state index is 9.20. The topological polar surface area (TPSA) is 58.0 Å². The molecule has 1 aromatic heterocycles. The summed E-state index contributed by atoms with van der Waals surface area (Å²) < 4.78 is 0. The molecule has 1 unspecified atom stereocenters. The minimum atomic E-state index is -0.394. The molecule has 19 heavy (non-hydrogen) atoms. The molecule has 0 spiro atoms. The molecule has 0 aliphatic rings. The SMILES string of the molecule is CC(O)CNc1ccc(-c2nc(Cl)cc(Cl)n2)cc1. The third-order valence-electron chi connectivity index (χ3n) is 2.41. The average Bonchev–Trinajstić information content (AvgIpc) is 2.36. The van der Waals surface area contributed by atoms with Crippen LogP contribution in [0.15, 0.2) is 30.3 Å². The normalized spacial score (nSPS) is 12.2. The summed E-state index contributed by atoms with van der Waals surface area (Å²) in [5.74, 6) is 0.486. The molecule has 2 N–H and O–H groups in total. The van der Waals surface area contributed by atoms with Crippen molar-refractivity contribution in [3.63, 3.8) is 0 Å². The first-order valence-corrected chi connectivity index (χ1v) is 6.52. The van der Waals surface area contributed by atoms with Crippen molar-refractivity contribution < 1.29 is 5.11 Å². The number of halogens is 2. The van der Waals surface area contributed by atoms with E-state index in [9.17, 15) is 5.11 Å². The van der Waals surface area contributed by atoms with Crippen LogP contribution in [0, 0.1) is 0 Å². The highest BCUT2D eigenvalue weighted by Crippen LogP contribution is 2.21. The lowest BCUT2D eigenvalue weighted by molar-refractivity contribution is 0.208. The zero-order valence-corrected chi connectivity index (χ0v) is 11.8. The number of benzene rings is 1. The highest BCUT2D eigenvalue weighted by atomic mass is 35.5. The van der Waals surface area contributed by atoms with Gasteiger partial charge in [0.05, 0.1) is 6.10 Å². The molecule has 0 aliphatic carbocycles. The van der Waals surface area contributed by atoms with Gasteiger partial charge < -0.3 is 10.4 Å². The van der Waals surface area contributed by atoms with E-state index in [1.165, 1.54) is 6.07 Å². The molecular formula is C13H13Cl2N3O. The molecule has 1 atom stereocenters. The van der Waals surface area contributed by atoms with Crippen molar-refractivity contribution >= 4 is 28.9 Å². The Labute approximate surface area is 121 Å². The van der Waals surface area contributed by atoms with Crippen molar-refractivity contribution in [2.75, 3.05) is 11.9 Å². The maximum Gasteiger partial charge on any atom is 0.162 e. The van der Waals surface area contributed by atoms with Crippen LogP contribution in [0.3, 0.4) is 0 Å². The Morgan fingerprint density at radius 1 is 1.16 bits per heavy atom. The second kappa shape index (κ2) is 6.19. The van der Waals surface area contributed by atoms with Crippen molar-refractivity contribution in [3.05, 3.63) is 40.6 Å².